The molecule has 30 heavy (non-hydrogen) atoms. The van der Waals surface area contributed by atoms with Crippen LogP contribution in [0.3, 0.4) is 0 Å². The average Bonchev–Trinajstić information content (AvgIpc) is 2.77. The number of hydrogen-bond acceptors (Lipinski definition) is 4. The second-order valence-electron chi connectivity index (χ2n) is 8.05. The summed E-state index contributed by atoms with van der Waals surface area (Å²) in [5.41, 5.74) is 1.49. The van der Waals surface area contributed by atoms with Crippen molar-refractivity contribution in [3.05, 3.63) is 69.6 Å². The van der Waals surface area contributed by atoms with Gasteiger partial charge in [-0.15, -0.1) is 0 Å². The molecule has 1 aliphatic rings. The first-order valence-electron chi connectivity index (χ1n) is 10.6. The molecule has 6 heteroatoms. The summed E-state index contributed by atoms with van der Waals surface area (Å²) in [4.78, 5) is 38.2. The minimum Gasteiger partial charge on any atom is -0.467 e. The van der Waals surface area contributed by atoms with Crippen molar-refractivity contribution >= 4 is 11.9 Å². The quantitative estimate of drug-likeness (QED) is 0.711. The largest absolute Gasteiger partial charge is 0.467 e. The highest BCUT2D eigenvalue weighted by atomic mass is 16.5. The molecule has 1 aliphatic carbocycles. The SMILES string of the molecule is COC(=O)[C@@H](Cc1ccccc1)NC(=O)c1ccc(C)n(CC2CCCCC2)c1=O. The summed E-state index contributed by atoms with van der Waals surface area (Å²) in [7, 11) is 1.29. The van der Waals surface area contributed by atoms with Crippen LogP contribution in [0.25, 0.3) is 0 Å². The van der Waals surface area contributed by atoms with Gasteiger partial charge in [0.25, 0.3) is 11.5 Å². The minimum atomic E-state index is -0.864. The number of rotatable bonds is 7. The third kappa shape index (κ3) is 5.38. The lowest BCUT2D eigenvalue weighted by atomic mass is 9.89. The summed E-state index contributed by atoms with van der Waals surface area (Å²) < 4.78 is 6.56. The van der Waals surface area contributed by atoms with Gasteiger partial charge in [0.2, 0.25) is 0 Å². The summed E-state index contributed by atoms with van der Waals surface area (Å²) in [6.45, 7) is 2.52. The zero-order valence-corrected chi connectivity index (χ0v) is 17.7. The highest BCUT2D eigenvalue weighted by molar-refractivity contribution is 5.96. The van der Waals surface area contributed by atoms with E-state index < -0.39 is 17.9 Å². The van der Waals surface area contributed by atoms with Gasteiger partial charge >= 0.3 is 5.97 Å². The van der Waals surface area contributed by atoms with Gasteiger partial charge in [-0.2, -0.15) is 0 Å². The number of aryl methyl sites for hydroxylation is 1. The number of methoxy groups -OCH3 is 1. The molecule has 1 aromatic carbocycles. The third-order valence-electron chi connectivity index (χ3n) is 5.88. The summed E-state index contributed by atoms with van der Waals surface area (Å²) in [6.07, 6.45) is 6.16. The maximum atomic E-state index is 13.1. The van der Waals surface area contributed by atoms with E-state index in [1.807, 2.05) is 37.3 Å². The van der Waals surface area contributed by atoms with Gasteiger partial charge in [0.15, 0.2) is 0 Å². The molecular weight excluding hydrogens is 380 g/mol. The Balaban J connectivity index is 1.79. The van der Waals surface area contributed by atoms with Crippen molar-refractivity contribution in [3.63, 3.8) is 0 Å². The molecule has 1 fully saturated rings. The number of nitrogens with zero attached hydrogens (tertiary/aromatic N) is 1. The molecule has 1 amide bonds. The van der Waals surface area contributed by atoms with Crippen LogP contribution in [0.4, 0.5) is 0 Å². The number of aromatic nitrogens is 1. The Labute approximate surface area is 177 Å². The molecule has 6 nitrogen and oxygen atoms in total. The molecule has 1 N–H and O–H groups in total. The number of amides is 1. The predicted octanol–water partition coefficient (Wildman–Crippen LogP) is 3.25. The van der Waals surface area contributed by atoms with Gasteiger partial charge in [-0.25, -0.2) is 4.79 Å². The maximum Gasteiger partial charge on any atom is 0.328 e. The van der Waals surface area contributed by atoms with Crippen LogP contribution in [0.15, 0.2) is 47.3 Å². The fourth-order valence-corrected chi connectivity index (χ4v) is 4.12. The van der Waals surface area contributed by atoms with Crippen LogP contribution < -0.4 is 10.9 Å². The number of ether oxygens (including phenoxy) is 1. The molecule has 0 saturated heterocycles. The van der Waals surface area contributed by atoms with Gasteiger partial charge in [0.1, 0.15) is 11.6 Å². The fraction of sp³-hybridized carbons (Fsp3) is 0.458. The van der Waals surface area contributed by atoms with Gasteiger partial charge in [-0.3, -0.25) is 9.59 Å². The van der Waals surface area contributed by atoms with E-state index in [0.717, 1.165) is 24.1 Å². The summed E-state index contributed by atoms with van der Waals surface area (Å²) >= 11 is 0. The Bertz CT molecular complexity index is 930. The Hall–Kier alpha value is -2.89. The summed E-state index contributed by atoms with van der Waals surface area (Å²) in [6, 6.07) is 11.9. The topological polar surface area (TPSA) is 77.4 Å². The van der Waals surface area contributed by atoms with E-state index in [0.29, 0.717) is 18.9 Å². The van der Waals surface area contributed by atoms with Crippen LogP contribution in [0.2, 0.25) is 0 Å². The molecule has 0 spiro atoms. The molecule has 0 unspecified atom stereocenters. The zero-order chi connectivity index (χ0) is 21.5. The van der Waals surface area contributed by atoms with Gasteiger partial charge < -0.3 is 14.6 Å². The highest BCUT2D eigenvalue weighted by Gasteiger charge is 2.25. The fourth-order valence-electron chi connectivity index (χ4n) is 4.12. The van der Waals surface area contributed by atoms with Crippen molar-refractivity contribution in [1.29, 1.82) is 0 Å². The highest BCUT2D eigenvalue weighted by Crippen LogP contribution is 2.25. The minimum absolute atomic E-state index is 0.0541. The standard InChI is InChI=1S/C24H30N2O4/c1-17-13-14-20(23(28)26(17)16-19-11-7-4-8-12-19)22(27)25-21(24(29)30-2)15-18-9-5-3-6-10-18/h3,5-6,9-10,13-14,19,21H,4,7-8,11-12,15-16H2,1-2H3,(H,25,27)/t21-/m1/s1. The van der Waals surface area contributed by atoms with E-state index in [1.54, 1.807) is 16.7 Å². The second-order valence-corrected chi connectivity index (χ2v) is 8.05. The van der Waals surface area contributed by atoms with Crippen molar-refractivity contribution in [2.45, 2.75) is 58.0 Å². The van der Waals surface area contributed by atoms with Gasteiger partial charge in [0.05, 0.1) is 7.11 Å². The van der Waals surface area contributed by atoms with Crippen molar-refractivity contribution in [1.82, 2.24) is 9.88 Å². The number of hydrogen-bond donors (Lipinski definition) is 1. The molecule has 1 aromatic heterocycles. The number of nitrogens with one attached hydrogen (secondary N) is 1. The Morgan fingerprint density at radius 1 is 1.10 bits per heavy atom. The van der Waals surface area contributed by atoms with Gasteiger partial charge in [0, 0.05) is 18.7 Å². The van der Waals surface area contributed by atoms with E-state index in [4.69, 9.17) is 4.74 Å². The first-order valence-corrected chi connectivity index (χ1v) is 10.6. The first-order chi connectivity index (χ1) is 14.5. The lowest BCUT2D eigenvalue weighted by Gasteiger charge is -2.24. The number of esters is 1. The number of benzene rings is 1. The second kappa shape index (κ2) is 10.2. The predicted molar refractivity (Wildman–Crippen MR) is 115 cm³/mol. The first kappa shape index (κ1) is 21.8. The Morgan fingerprint density at radius 2 is 1.80 bits per heavy atom. The van der Waals surface area contributed by atoms with Crippen LogP contribution in [0.1, 0.15) is 53.7 Å². The monoisotopic (exact) mass is 410 g/mol. The van der Waals surface area contributed by atoms with Crippen LogP contribution in [0, 0.1) is 12.8 Å². The molecular formula is C24H30N2O4. The van der Waals surface area contributed by atoms with E-state index in [1.165, 1.54) is 26.4 Å². The van der Waals surface area contributed by atoms with Crippen LogP contribution in [-0.2, 0) is 22.5 Å². The Kier molecular flexibility index (Phi) is 7.44. The average molecular weight is 411 g/mol. The van der Waals surface area contributed by atoms with Gasteiger partial charge in [-0.05, 0) is 43.4 Å². The van der Waals surface area contributed by atoms with Crippen LogP contribution >= 0.6 is 0 Å². The summed E-state index contributed by atoms with van der Waals surface area (Å²) in [5, 5.41) is 2.70. The molecule has 3 rings (SSSR count). The molecule has 0 bridgehead atoms. The smallest absolute Gasteiger partial charge is 0.328 e. The van der Waals surface area contributed by atoms with Crippen molar-refractivity contribution in [2.75, 3.05) is 7.11 Å². The van der Waals surface area contributed by atoms with E-state index in [9.17, 15) is 14.4 Å². The normalized spacial score (nSPS) is 15.4. The molecule has 160 valence electrons. The van der Waals surface area contributed by atoms with Crippen molar-refractivity contribution < 1.29 is 14.3 Å². The van der Waals surface area contributed by atoms with Crippen LogP contribution in [-0.4, -0.2) is 29.6 Å². The molecule has 1 heterocycles. The molecule has 1 saturated carbocycles. The van der Waals surface area contributed by atoms with E-state index in [-0.39, 0.29) is 11.1 Å². The molecule has 0 aliphatic heterocycles. The lowest BCUT2D eigenvalue weighted by molar-refractivity contribution is -0.142. The van der Waals surface area contributed by atoms with E-state index >= 15 is 0 Å². The maximum absolute atomic E-state index is 13.1. The van der Waals surface area contributed by atoms with Crippen molar-refractivity contribution in [3.8, 4) is 0 Å². The van der Waals surface area contributed by atoms with Crippen molar-refractivity contribution in [2.24, 2.45) is 5.92 Å². The number of pyridine rings is 1. The zero-order valence-electron chi connectivity index (χ0n) is 17.7. The number of carbonyl (C=O) groups is 2. The molecule has 2 aromatic rings. The third-order valence-corrected chi connectivity index (χ3v) is 5.88. The molecule has 0 radical (unpaired) electrons. The molecule has 1 atom stereocenters. The number of carbonyl (C=O) groups excluding carboxylic acids is 2. The van der Waals surface area contributed by atoms with E-state index in [2.05, 4.69) is 5.32 Å². The van der Waals surface area contributed by atoms with Crippen LogP contribution in [0.5, 0.6) is 0 Å². The van der Waals surface area contributed by atoms with Gasteiger partial charge in [-0.1, -0.05) is 49.6 Å². The summed E-state index contributed by atoms with van der Waals surface area (Å²) in [5.74, 6) is -0.625. The lowest BCUT2D eigenvalue weighted by Crippen LogP contribution is -2.45. The Morgan fingerprint density at radius 3 is 2.47 bits per heavy atom.